The monoisotopic (exact) mass is 288 g/mol. The van der Waals surface area contributed by atoms with E-state index in [-0.39, 0.29) is 5.91 Å². The molecule has 1 fully saturated rings. The van der Waals surface area contributed by atoms with Gasteiger partial charge in [-0.3, -0.25) is 4.79 Å². The van der Waals surface area contributed by atoms with Crippen molar-refractivity contribution < 1.29 is 9.32 Å². The van der Waals surface area contributed by atoms with Crippen molar-refractivity contribution in [3.63, 3.8) is 0 Å². The summed E-state index contributed by atoms with van der Waals surface area (Å²) in [5.41, 5.74) is 1.42. The van der Waals surface area contributed by atoms with E-state index in [9.17, 15) is 4.79 Å². The molecule has 1 atom stereocenters. The van der Waals surface area contributed by atoms with Crippen molar-refractivity contribution >= 4 is 5.91 Å². The van der Waals surface area contributed by atoms with Crippen LogP contribution in [0.1, 0.15) is 47.0 Å². The molecule has 112 valence electrons. The van der Waals surface area contributed by atoms with Gasteiger partial charge in [0.15, 0.2) is 5.69 Å². The maximum Gasteiger partial charge on any atom is 0.276 e. The largest absolute Gasteiger partial charge is 0.361 e. The molecule has 3 heterocycles. The number of amides is 1. The zero-order valence-electron chi connectivity index (χ0n) is 12.7. The molecule has 3 rings (SSSR count). The standard InChI is InChI=1S/C15H20N4O2/c1-4-12-7-13(17-21-12)15(20)19-6-5-11(9-19)14-16-10(2)8-18(14)3/h7-8,11H,4-6,9H2,1-3H3. The first-order chi connectivity index (χ1) is 10.1. The average Bonchev–Trinajstić information content (AvgIpc) is 3.17. The number of hydrogen-bond donors (Lipinski definition) is 0. The van der Waals surface area contributed by atoms with E-state index in [1.165, 1.54) is 0 Å². The first-order valence-corrected chi connectivity index (χ1v) is 7.33. The molecule has 0 spiro atoms. The smallest absolute Gasteiger partial charge is 0.276 e. The van der Waals surface area contributed by atoms with E-state index < -0.39 is 0 Å². The summed E-state index contributed by atoms with van der Waals surface area (Å²) in [6, 6.07) is 1.74. The predicted octanol–water partition coefficient (Wildman–Crippen LogP) is 1.91. The van der Waals surface area contributed by atoms with Crippen LogP contribution in [0.25, 0.3) is 0 Å². The SMILES string of the molecule is CCc1cc(C(=O)N2CCC(c3nc(C)cn3C)C2)no1. The minimum atomic E-state index is -0.0492. The Morgan fingerprint density at radius 2 is 2.33 bits per heavy atom. The van der Waals surface area contributed by atoms with Crippen LogP contribution < -0.4 is 0 Å². The quantitative estimate of drug-likeness (QED) is 0.865. The van der Waals surface area contributed by atoms with Crippen LogP contribution in [0.5, 0.6) is 0 Å². The molecule has 1 saturated heterocycles. The van der Waals surface area contributed by atoms with Gasteiger partial charge in [0.25, 0.3) is 5.91 Å². The lowest BCUT2D eigenvalue weighted by Gasteiger charge is -2.14. The molecule has 0 saturated carbocycles. The van der Waals surface area contributed by atoms with Gasteiger partial charge >= 0.3 is 0 Å². The second-order valence-electron chi connectivity index (χ2n) is 5.62. The topological polar surface area (TPSA) is 64.2 Å². The van der Waals surface area contributed by atoms with Gasteiger partial charge in [-0.05, 0) is 13.3 Å². The van der Waals surface area contributed by atoms with Gasteiger partial charge in [-0.25, -0.2) is 4.98 Å². The van der Waals surface area contributed by atoms with Gasteiger partial charge in [-0.2, -0.15) is 0 Å². The molecule has 1 aliphatic heterocycles. The van der Waals surface area contributed by atoms with Crippen LogP contribution in [0.3, 0.4) is 0 Å². The molecule has 1 aliphatic rings. The van der Waals surface area contributed by atoms with Gasteiger partial charge < -0.3 is 14.0 Å². The van der Waals surface area contributed by atoms with E-state index in [2.05, 4.69) is 14.7 Å². The highest BCUT2D eigenvalue weighted by Crippen LogP contribution is 2.27. The molecule has 6 nitrogen and oxygen atoms in total. The van der Waals surface area contributed by atoms with Gasteiger partial charge in [-0.15, -0.1) is 0 Å². The fourth-order valence-corrected chi connectivity index (χ4v) is 2.91. The number of rotatable bonds is 3. The molecular formula is C15H20N4O2. The van der Waals surface area contributed by atoms with Crippen molar-refractivity contribution in [1.82, 2.24) is 19.6 Å². The number of aryl methyl sites for hydroxylation is 3. The average molecular weight is 288 g/mol. The minimum Gasteiger partial charge on any atom is -0.361 e. The zero-order chi connectivity index (χ0) is 15.0. The summed E-state index contributed by atoms with van der Waals surface area (Å²) < 4.78 is 7.17. The number of carbonyl (C=O) groups excluding carboxylic acids is 1. The summed E-state index contributed by atoms with van der Waals surface area (Å²) in [5.74, 6) is 2.04. The molecule has 0 N–H and O–H groups in total. The molecule has 2 aromatic rings. The van der Waals surface area contributed by atoms with E-state index in [0.717, 1.165) is 36.7 Å². The Labute approximate surface area is 123 Å². The lowest BCUT2D eigenvalue weighted by molar-refractivity contribution is 0.0780. The molecule has 0 aliphatic carbocycles. The predicted molar refractivity (Wildman–Crippen MR) is 77.1 cm³/mol. The van der Waals surface area contributed by atoms with E-state index in [1.54, 1.807) is 6.07 Å². The van der Waals surface area contributed by atoms with E-state index >= 15 is 0 Å². The van der Waals surface area contributed by atoms with Crippen LogP contribution in [-0.4, -0.2) is 38.6 Å². The van der Waals surface area contributed by atoms with Crippen molar-refractivity contribution in [3.8, 4) is 0 Å². The van der Waals surface area contributed by atoms with Gasteiger partial charge in [0.2, 0.25) is 0 Å². The Bertz CT molecular complexity index is 658. The molecule has 0 aromatic carbocycles. The molecule has 2 aromatic heterocycles. The Morgan fingerprint density at radius 1 is 1.52 bits per heavy atom. The Balaban J connectivity index is 1.72. The molecule has 0 bridgehead atoms. The lowest BCUT2D eigenvalue weighted by Crippen LogP contribution is -2.29. The molecule has 1 amide bonds. The number of carbonyl (C=O) groups is 1. The highest BCUT2D eigenvalue weighted by molar-refractivity contribution is 5.92. The Morgan fingerprint density at radius 3 is 2.95 bits per heavy atom. The van der Waals surface area contributed by atoms with Crippen molar-refractivity contribution in [2.75, 3.05) is 13.1 Å². The highest BCUT2D eigenvalue weighted by Gasteiger charge is 2.31. The molecule has 1 unspecified atom stereocenters. The molecule has 6 heteroatoms. The fraction of sp³-hybridized carbons (Fsp3) is 0.533. The van der Waals surface area contributed by atoms with E-state index in [0.29, 0.717) is 18.2 Å². The maximum absolute atomic E-state index is 12.4. The van der Waals surface area contributed by atoms with Crippen molar-refractivity contribution in [2.45, 2.75) is 32.6 Å². The van der Waals surface area contributed by atoms with Gasteiger partial charge in [0.1, 0.15) is 11.6 Å². The van der Waals surface area contributed by atoms with Crippen LogP contribution in [-0.2, 0) is 13.5 Å². The fourth-order valence-electron chi connectivity index (χ4n) is 2.91. The Hall–Kier alpha value is -2.11. The maximum atomic E-state index is 12.4. The summed E-state index contributed by atoms with van der Waals surface area (Å²) >= 11 is 0. The second-order valence-corrected chi connectivity index (χ2v) is 5.62. The minimum absolute atomic E-state index is 0.0492. The van der Waals surface area contributed by atoms with Crippen molar-refractivity contribution in [2.24, 2.45) is 7.05 Å². The number of aromatic nitrogens is 3. The number of imidazole rings is 1. The molecular weight excluding hydrogens is 268 g/mol. The summed E-state index contributed by atoms with van der Waals surface area (Å²) in [4.78, 5) is 18.8. The van der Waals surface area contributed by atoms with Crippen LogP contribution in [0.4, 0.5) is 0 Å². The highest BCUT2D eigenvalue weighted by atomic mass is 16.5. The van der Waals surface area contributed by atoms with Gasteiger partial charge in [0.05, 0.1) is 5.69 Å². The third-order valence-electron chi connectivity index (χ3n) is 4.00. The third-order valence-corrected chi connectivity index (χ3v) is 4.00. The zero-order valence-corrected chi connectivity index (χ0v) is 12.7. The third kappa shape index (κ3) is 2.57. The van der Waals surface area contributed by atoms with E-state index in [1.807, 2.05) is 32.0 Å². The summed E-state index contributed by atoms with van der Waals surface area (Å²) in [6.45, 7) is 5.40. The van der Waals surface area contributed by atoms with Crippen molar-refractivity contribution in [1.29, 1.82) is 0 Å². The van der Waals surface area contributed by atoms with E-state index in [4.69, 9.17) is 4.52 Å². The van der Waals surface area contributed by atoms with Crippen LogP contribution in [0.15, 0.2) is 16.8 Å². The summed E-state index contributed by atoms with van der Waals surface area (Å²) in [7, 11) is 2.00. The van der Waals surface area contributed by atoms with Crippen LogP contribution >= 0.6 is 0 Å². The number of hydrogen-bond acceptors (Lipinski definition) is 4. The first-order valence-electron chi connectivity index (χ1n) is 7.33. The normalized spacial score (nSPS) is 18.4. The second kappa shape index (κ2) is 5.35. The Kier molecular flexibility index (Phi) is 3.53. The molecule has 0 radical (unpaired) electrons. The van der Waals surface area contributed by atoms with Crippen molar-refractivity contribution in [3.05, 3.63) is 35.2 Å². The molecule has 21 heavy (non-hydrogen) atoms. The first kappa shape index (κ1) is 13.9. The van der Waals surface area contributed by atoms with Gasteiger partial charge in [0, 0.05) is 44.7 Å². The lowest BCUT2D eigenvalue weighted by atomic mass is 10.1. The number of nitrogens with zero attached hydrogens (tertiary/aromatic N) is 4. The number of likely N-dealkylation sites (tertiary alicyclic amines) is 1. The van der Waals surface area contributed by atoms with Crippen LogP contribution in [0.2, 0.25) is 0 Å². The summed E-state index contributed by atoms with van der Waals surface area (Å²) in [6.07, 6.45) is 3.70. The summed E-state index contributed by atoms with van der Waals surface area (Å²) in [5, 5.41) is 3.86. The van der Waals surface area contributed by atoms with Gasteiger partial charge in [-0.1, -0.05) is 12.1 Å². The van der Waals surface area contributed by atoms with Crippen LogP contribution in [0, 0.1) is 6.92 Å².